The Balaban J connectivity index is 1.37. The number of thioether (sulfide) groups is 1. The summed E-state index contributed by atoms with van der Waals surface area (Å²) in [5.74, 6) is 0.905. The van der Waals surface area contributed by atoms with Crippen LogP contribution in [0, 0.1) is 5.92 Å². The van der Waals surface area contributed by atoms with Crippen LogP contribution in [0.3, 0.4) is 0 Å². The minimum absolute atomic E-state index is 0.0257. The fourth-order valence-electron chi connectivity index (χ4n) is 3.68. The molecule has 0 radical (unpaired) electrons. The third-order valence-electron chi connectivity index (χ3n) is 5.18. The molecular formula is C20H28N2O3S. The second-order valence-corrected chi connectivity index (χ2v) is 8.61. The quantitative estimate of drug-likeness (QED) is 0.716. The molecule has 1 aromatic rings. The SMILES string of the molecule is O=C(NCCCSC1CCCCC1)[C@@H]1CC(=O)N(c2ccc(O)cc2)C1. The molecule has 2 fully saturated rings. The van der Waals surface area contributed by atoms with E-state index in [9.17, 15) is 14.7 Å². The molecule has 1 aliphatic carbocycles. The lowest BCUT2D eigenvalue weighted by molar-refractivity contribution is -0.126. The Morgan fingerprint density at radius 1 is 1.19 bits per heavy atom. The van der Waals surface area contributed by atoms with E-state index in [2.05, 4.69) is 5.32 Å². The number of nitrogens with zero attached hydrogens (tertiary/aromatic N) is 1. The smallest absolute Gasteiger partial charge is 0.227 e. The summed E-state index contributed by atoms with van der Waals surface area (Å²) in [5, 5.41) is 13.2. The van der Waals surface area contributed by atoms with Gasteiger partial charge in [0.2, 0.25) is 11.8 Å². The number of aromatic hydroxyl groups is 1. The molecule has 3 rings (SSSR count). The predicted octanol–water partition coefficient (Wildman–Crippen LogP) is 3.32. The van der Waals surface area contributed by atoms with E-state index in [1.54, 1.807) is 29.2 Å². The topological polar surface area (TPSA) is 69.6 Å². The number of hydrogen-bond donors (Lipinski definition) is 2. The molecule has 1 heterocycles. The van der Waals surface area contributed by atoms with E-state index in [-0.39, 0.29) is 29.9 Å². The molecule has 1 atom stereocenters. The molecule has 1 aliphatic heterocycles. The molecular weight excluding hydrogens is 348 g/mol. The molecule has 2 amide bonds. The Morgan fingerprint density at radius 3 is 2.65 bits per heavy atom. The van der Waals surface area contributed by atoms with Crippen molar-refractivity contribution in [3.8, 4) is 5.75 Å². The molecule has 6 heteroatoms. The van der Waals surface area contributed by atoms with Crippen LogP contribution >= 0.6 is 11.8 Å². The van der Waals surface area contributed by atoms with Crippen LogP contribution in [0.1, 0.15) is 44.9 Å². The molecule has 0 spiro atoms. The van der Waals surface area contributed by atoms with Gasteiger partial charge in [-0.05, 0) is 49.3 Å². The number of hydrogen-bond acceptors (Lipinski definition) is 4. The highest BCUT2D eigenvalue weighted by atomic mass is 32.2. The normalized spacial score (nSPS) is 21.2. The maximum absolute atomic E-state index is 12.3. The molecule has 2 N–H and O–H groups in total. The summed E-state index contributed by atoms with van der Waals surface area (Å²) in [4.78, 5) is 26.2. The molecule has 26 heavy (non-hydrogen) atoms. The van der Waals surface area contributed by atoms with Crippen molar-refractivity contribution >= 4 is 29.3 Å². The average molecular weight is 377 g/mol. The van der Waals surface area contributed by atoms with Crippen molar-refractivity contribution in [1.82, 2.24) is 5.32 Å². The predicted molar refractivity (Wildman–Crippen MR) is 106 cm³/mol. The molecule has 1 aromatic carbocycles. The molecule has 1 saturated heterocycles. The van der Waals surface area contributed by atoms with E-state index < -0.39 is 0 Å². The summed E-state index contributed by atoms with van der Waals surface area (Å²) in [6.07, 6.45) is 8.03. The first-order valence-corrected chi connectivity index (χ1v) is 10.7. The number of anilines is 1. The average Bonchev–Trinajstić information content (AvgIpc) is 3.05. The maximum Gasteiger partial charge on any atom is 0.227 e. The summed E-state index contributed by atoms with van der Waals surface area (Å²) in [6, 6.07) is 6.52. The number of rotatable bonds is 7. The Hall–Kier alpha value is -1.69. The zero-order valence-corrected chi connectivity index (χ0v) is 16.0. The maximum atomic E-state index is 12.3. The van der Waals surface area contributed by atoms with Crippen molar-refractivity contribution < 1.29 is 14.7 Å². The lowest BCUT2D eigenvalue weighted by Gasteiger charge is -2.21. The fourth-order valence-corrected chi connectivity index (χ4v) is 4.99. The van der Waals surface area contributed by atoms with E-state index in [0.717, 1.165) is 23.1 Å². The van der Waals surface area contributed by atoms with Crippen LogP contribution in [0.2, 0.25) is 0 Å². The summed E-state index contributed by atoms with van der Waals surface area (Å²) < 4.78 is 0. The first kappa shape index (κ1) is 19.1. The van der Waals surface area contributed by atoms with Crippen LogP contribution < -0.4 is 10.2 Å². The van der Waals surface area contributed by atoms with E-state index in [1.165, 1.54) is 32.1 Å². The minimum Gasteiger partial charge on any atom is -0.508 e. The lowest BCUT2D eigenvalue weighted by Crippen LogP contribution is -2.33. The van der Waals surface area contributed by atoms with Crippen LogP contribution in [-0.2, 0) is 9.59 Å². The lowest BCUT2D eigenvalue weighted by atomic mass is 10.0. The summed E-state index contributed by atoms with van der Waals surface area (Å²) >= 11 is 2.05. The Bertz CT molecular complexity index is 614. The van der Waals surface area contributed by atoms with Crippen molar-refractivity contribution in [3.63, 3.8) is 0 Å². The molecule has 5 nitrogen and oxygen atoms in total. The van der Waals surface area contributed by atoms with Gasteiger partial charge in [0.25, 0.3) is 0 Å². The van der Waals surface area contributed by atoms with Crippen LogP contribution in [0.25, 0.3) is 0 Å². The first-order valence-electron chi connectivity index (χ1n) is 9.62. The zero-order chi connectivity index (χ0) is 18.4. The van der Waals surface area contributed by atoms with E-state index >= 15 is 0 Å². The third kappa shape index (κ3) is 5.16. The Morgan fingerprint density at radius 2 is 1.92 bits per heavy atom. The van der Waals surface area contributed by atoms with Crippen molar-refractivity contribution in [3.05, 3.63) is 24.3 Å². The Kier molecular flexibility index (Phi) is 6.83. The van der Waals surface area contributed by atoms with Gasteiger partial charge in [-0.2, -0.15) is 11.8 Å². The molecule has 142 valence electrons. The van der Waals surface area contributed by atoms with Crippen LogP contribution in [0.4, 0.5) is 5.69 Å². The van der Waals surface area contributed by atoms with Crippen LogP contribution in [0.15, 0.2) is 24.3 Å². The number of phenolic OH excluding ortho intramolecular Hbond substituents is 1. The van der Waals surface area contributed by atoms with Gasteiger partial charge in [0.15, 0.2) is 0 Å². The second kappa shape index (κ2) is 9.31. The van der Waals surface area contributed by atoms with Gasteiger partial charge in [-0.1, -0.05) is 19.3 Å². The Labute approximate surface area is 159 Å². The van der Waals surface area contributed by atoms with Gasteiger partial charge in [0.1, 0.15) is 5.75 Å². The number of carbonyl (C=O) groups is 2. The van der Waals surface area contributed by atoms with E-state index in [1.807, 2.05) is 11.8 Å². The van der Waals surface area contributed by atoms with Gasteiger partial charge in [-0.15, -0.1) is 0 Å². The highest BCUT2D eigenvalue weighted by Gasteiger charge is 2.34. The van der Waals surface area contributed by atoms with Crippen molar-refractivity contribution in [2.75, 3.05) is 23.7 Å². The summed E-state index contributed by atoms with van der Waals surface area (Å²) in [6.45, 7) is 1.09. The monoisotopic (exact) mass is 376 g/mol. The summed E-state index contributed by atoms with van der Waals surface area (Å²) in [7, 11) is 0. The largest absolute Gasteiger partial charge is 0.508 e. The second-order valence-electron chi connectivity index (χ2n) is 7.20. The number of amides is 2. The van der Waals surface area contributed by atoms with Crippen LogP contribution in [0.5, 0.6) is 5.75 Å². The van der Waals surface area contributed by atoms with Gasteiger partial charge >= 0.3 is 0 Å². The van der Waals surface area contributed by atoms with Gasteiger partial charge < -0.3 is 15.3 Å². The molecule has 2 aliphatic rings. The fraction of sp³-hybridized carbons (Fsp3) is 0.600. The van der Waals surface area contributed by atoms with Crippen molar-refractivity contribution in [1.29, 1.82) is 0 Å². The molecule has 0 aromatic heterocycles. The number of nitrogens with one attached hydrogen (secondary N) is 1. The molecule has 0 bridgehead atoms. The summed E-state index contributed by atoms with van der Waals surface area (Å²) in [5.41, 5.74) is 0.729. The number of phenols is 1. The van der Waals surface area contributed by atoms with E-state index in [4.69, 9.17) is 0 Å². The molecule has 1 saturated carbocycles. The highest BCUT2D eigenvalue weighted by molar-refractivity contribution is 7.99. The van der Waals surface area contributed by atoms with Gasteiger partial charge in [0.05, 0.1) is 5.92 Å². The number of benzene rings is 1. The standard InChI is InChI=1S/C20H28N2O3S/c23-17-9-7-16(8-10-17)22-14-15(13-19(22)24)20(25)21-11-4-12-26-18-5-2-1-3-6-18/h7-10,15,18,23H,1-6,11-14H2,(H,21,25)/t15-/m1/s1. The van der Waals surface area contributed by atoms with Crippen molar-refractivity contribution in [2.24, 2.45) is 5.92 Å². The number of carbonyl (C=O) groups excluding carboxylic acids is 2. The van der Waals surface area contributed by atoms with Crippen LogP contribution in [-0.4, -0.2) is 41.0 Å². The van der Waals surface area contributed by atoms with Gasteiger partial charge in [0, 0.05) is 30.4 Å². The minimum atomic E-state index is -0.290. The van der Waals surface area contributed by atoms with Crippen molar-refractivity contribution in [2.45, 2.75) is 50.2 Å². The van der Waals surface area contributed by atoms with Gasteiger partial charge in [-0.25, -0.2) is 0 Å². The van der Waals surface area contributed by atoms with E-state index in [0.29, 0.717) is 13.1 Å². The van der Waals surface area contributed by atoms with Gasteiger partial charge in [-0.3, -0.25) is 9.59 Å². The molecule has 0 unspecified atom stereocenters. The highest BCUT2D eigenvalue weighted by Crippen LogP contribution is 2.29. The third-order valence-corrected chi connectivity index (χ3v) is 6.65. The first-order chi connectivity index (χ1) is 12.6. The zero-order valence-electron chi connectivity index (χ0n) is 15.2.